The van der Waals surface area contributed by atoms with Crippen LogP contribution in [0, 0.1) is 11.6 Å². The second-order valence-electron chi connectivity index (χ2n) is 4.01. The monoisotopic (exact) mass is 278 g/mol. The van der Waals surface area contributed by atoms with Gasteiger partial charge in [0.15, 0.2) is 0 Å². The minimum absolute atomic E-state index is 0.220. The van der Waals surface area contributed by atoms with Crippen molar-refractivity contribution in [1.29, 1.82) is 0 Å². The van der Waals surface area contributed by atoms with Crippen molar-refractivity contribution in [2.24, 2.45) is 0 Å². The van der Waals surface area contributed by atoms with E-state index in [-0.39, 0.29) is 17.7 Å². The molecule has 0 aromatic heterocycles. The molecule has 0 spiro atoms. The highest BCUT2D eigenvalue weighted by Gasteiger charge is 2.14. The first-order chi connectivity index (χ1) is 9.61. The van der Waals surface area contributed by atoms with Crippen molar-refractivity contribution in [3.05, 3.63) is 65.2 Å². The van der Waals surface area contributed by atoms with E-state index in [9.17, 15) is 13.6 Å². The van der Waals surface area contributed by atoms with E-state index < -0.39 is 17.6 Å². The largest absolute Gasteiger partial charge is 0.497 e. The highest BCUT2D eigenvalue weighted by Crippen LogP contribution is 2.18. The third-order valence-electron chi connectivity index (χ3n) is 2.71. The maximum atomic E-state index is 13.6. The molecule has 2 rings (SSSR count). The number of carbonyl (C=O) groups excluding carboxylic acids is 1. The van der Waals surface area contributed by atoms with Gasteiger partial charge >= 0.3 is 5.97 Å². The maximum absolute atomic E-state index is 13.6. The number of benzene rings is 2. The van der Waals surface area contributed by atoms with Crippen molar-refractivity contribution >= 4 is 5.97 Å². The Labute approximate surface area is 114 Å². The SMILES string of the molecule is COc1ccc(C(=O)OCc2ccccc2F)c(F)c1. The second-order valence-corrected chi connectivity index (χ2v) is 4.01. The molecule has 0 N–H and O–H groups in total. The van der Waals surface area contributed by atoms with Gasteiger partial charge in [0.25, 0.3) is 0 Å². The smallest absolute Gasteiger partial charge is 0.341 e. The molecule has 0 radical (unpaired) electrons. The Balaban J connectivity index is 2.07. The molecule has 5 heteroatoms. The van der Waals surface area contributed by atoms with Crippen LogP contribution in [0.3, 0.4) is 0 Å². The van der Waals surface area contributed by atoms with Gasteiger partial charge in [0.2, 0.25) is 0 Å². The molecule has 2 aromatic rings. The number of hydrogen-bond acceptors (Lipinski definition) is 3. The Bertz CT molecular complexity index is 626. The Morgan fingerprint density at radius 3 is 2.50 bits per heavy atom. The predicted octanol–water partition coefficient (Wildman–Crippen LogP) is 3.33. The minimum atomic E-state index is -0.853. The molecule has 0 unspecified atom stereocenters. The van der Waals surface area contributed by atoms with Gasteiger partial charge in [-0.1, -0.05) is 18.2 Å². The van der Waals surface area contributed by atoms with Crippen molar-refractivity contribution in [3.8, 4) is 5.75 Å². The maximum Gasteiger partial charge on any atom is 0.341 e. The number of halogens is 2. The molecule has 0 heterocycles. The second kappa shape index (κ2) is 6.14. The van der Waals surface area contributed by atoms with Gasteiger partial charge in [0.05, 0.1) is 12.7 Å². The molecule has 0 bridgehead atoms. The van der Waals surface area contributed by atoms with Gasteiger partial charge in [-0.05, 0) is 18.2 Å². The molecule has 20 heavy (non-hydrogen) atoms. The van der Waals surface area contributed by atoms with E-state index in [2.05, 4.69) is 0 Å². The molecule has 0 aliphatic heterocycles. The summed E-state index contributed by atoms with van der Waals surface area (Å²) in [5.74, 6) is -1.78. The van der Waals surface area contributed by atoms with Crippen molar-refractivity contribution in [1.82, 2.24) is 0 Å². The lowest BCUT2D eigenvalue weighted by Crippen LogP contribution is -2.08. The van der Waals surface area contributed by atoms with Crippen LogP contribution in [0.1, 0.15) is 15.9 Å². The van der Waals surface area contributed by atoms with E-state index in [0.717, 1.165) is 6.07 Å². The zero-order valence-corrected chi connectivity index (χ0v) is 10.7. The summed E-state index contributed by atoms with van der Waals surface area (Å²) >= 11 is 0. The number of ether oxygens (including phenoxy) is 2. The minimum Gasteiger partial charge on any atom is -0.497 e. The van der Waals surface area contributed by atoms with Crippen LogP contribution in [0.25, 0.3) is 0 Å². The summed E-state index contributed by atoms with van der Waals surface area (Å²) in [7, 11) is 1.39. The average molecular weight is 278 g/mol. The fourth-order valence-electron chi connectivity index (χ4n) is 1.62. The summed E-state index contributed by atoms with van der Waals surface area (Å²) in [5.41, 5.74) is 0.0110. The van der Waals surface area contributed by atoms with Gasteiger partial charge in [-0.15, -0.1) is 0 Å². The van der Waals surface area contributed by atoms with Crippen molar-refractivity contribution < 1.29 is 23.0 Å². The zero-order valence-electron chi connectivity index (χ0n) is 10.7. The lowest BCUT2D eigenvalue weighted by atomic mass is 10.2. The van der Waals surface area contributed by atoms with E-state index >= 15 is 0 Å². The van der Waals surface area contributed by atoms with Crippen LogP contribution >= 0.6 is 0 Å². The number of hydrogen-bond donors (Lipinski definition) is 0. The topological polar surface area (TPSA) is 35.5 Å². The summed E-state index contributed by atoms with van der Waals surface area (Å²) in [4.78, 5) is 11.7. The Morgan fingerprint density at radius 1 is 1.10 bits per heavy atom. The summed E-state index contributed by atoms with van der Waals surface area (Å²) in [5, 5.41) is 0. The molecule has 104 valence electrons. The van der Waals surface area contributed by atoms with Crippen LogP contribution in [-0.4, -0.2) is 13.1 Å². The molecular formula is C15H12F2O3. The number of methoxy groups -OCH3 is 1. The first-order valence-corrected chi connectivity index (χ1v) is 5.86. The van der Waals surface area contributed by atoms with E-state index in [4.69, 9.17) is 9.47 Å². The highest BCUT2D eigenvalue weighted by molar-refractivity contribution is 5.89. The molecule has 0 saturated carbocycles. The molecule has 0 amide bonds. The molecule has 0 fully saturated rings. The third-order valence-corrected chi connectivity index (χ3v) is 2.71. The molecule has 0 saturated heterocycles. The lowest BCUT2D eigenvalue weighted by Gasteiger charge is -2.07. The van der Waals surface area contributed by atoms with Crippen LogP contribution in [0.15, 0.2) is 42.5 Å². The molecule has 0 atom stereocenters. The first-order valence-electron chi connectivity index (χ1n) is 5.86. The average Bonchev–Trinajstić information content (AvgIpc) is 2.46. The van der Waals surface area contributed by atoms with Crippen LogP contribution in [0.4, 0.5) is 8.78 Å². The predicted molar refractivity (Wildman–Crippen MR) is 68.5 cm³/mol. The van der Waals surface area contributed by atoms with Gasteiger partial charge in [-0.3, -0.25) is 0 Å². The normalized spacial score (nSPS) is 10.2. The van der Waals surface area contributed by atoms with Crippen molar-refractivity contribution in [2.45, 2.75) is 6.61 Å². The Kier molecular flexibility index (Phi) is 4.30. The summed E-state index contributed by atoms with van der Waals surface area (Å²) in [6.45, 7) is -0.253. The first kappa shape index (κ1) is 14.0. The number of esters is 1. The van der Waals surface area contributed by atoms with Crippen LogP contribution in [-0.2, 0) is 11.3 Å². The quantitative estimate of drug-likeness (QED) is 0.805. The molecule has 2 aromatic carbocycles. The van der Waals surface area contributed by atoms with E-state index in [1.165, 1.54) is 37.4 Å². The molecular weight excluding hydrogens is 266 g/mol. The molecule has 3 nitrogen and oxygen atoms in total. The Hall–Kier alpha value is -2.43. The Morgan fingerprint density at radius 2 is 1.85 bits per heavy atom. The van der Waals surface area contributed by atoms with Crippen molar-refractivity contribution in [3.63, 3.8) is 0 Å². The molecule has 0 aliphatic carbocycles. The highest BCUT2D eigenvalue weighted by atomic mass is 19.1. The number of rotatable bonds is 4. The van der Waals surface area contributed by atoms with Crippen LogP contribution in [0.5, 0.6) is 5.75 Å². The van der Waals surface area contributed by atoms with Gasteiger partial charge < -0.3 is 9.47 Å². The van der Waals surface area contributed by atoms with Crippen molar-refractivity contribution in [2.75, 3.05) is 7.11 Å². The third kappa shape index (κ3) is 3.12. The van der Waals surface area contributed by atoms with E-state index in [0.29, 0.717) is 5.75 Å². The van der Waals surface area contributed by atoms with Crippen LogP contribution < -0.4 is 4.74 Å². The zero-order chi connectivity index (χ0) is 14.5. The van der Waals surface area contributed by atoms with Gasteiger partial charge in [0, 0.05) is 11.6 Å². The van der Waals surface area contributed by atoms with E-state index in [1.807, 2.05) is 0 Å². The van der Waals surface area contributed by atoms with Gasteiger partial charge in [-0.25, -0.2) is 13.6 Å². The standard InChI is InChI=1S/C15H12F2O3/c1-19-11-6-7-12(14(17)8-11)15(18)20-9-10-4-2-3-5-13(10)16/h2-8H,9H2,1H3. The summed E-state index contributed by atoms with van der Waals surface area (Å²) in [6.07, 6.45) is 0. The summed E-state index contributed by atoms with van der Waals surface area (Å²) in [6, 6.07) is 9.70. The fourth-order valence-corrected chi connectivity index (χ4v) is 1.62. The van der Waals surface area contributed by atoms with Gasteiger partial charge in [-0.2, -0.15) is 0 Å². The summed E-state index contributed by atoms with van der Waals surface area (Å²) < 4.78 is 36.7. The lowest BCUT2D eigenvalue weighted by molar-refractivity contribution is 0.0463. The fraction of sp³-hybridized carbons (Fsp3) is 0.133. The van der Waals surface area contributed by atoms with Gasteiger partial charge in [0.1, 0.15) is 24.0 Å². The van der Waals surface area contributed by atoms with Crippen LogP contribution in [0.2, 0.25) is 0 Å². The van der Waals surface area contributed by atoms with E-state index in [1.54, 1.807) is 6.07 Å². The number of carbonyl (C=O) groups is 1. The molecule has 0 aliphatic rings.